The van der Waals surface area contributed by atoms with Gasteiger partial charge in [-0.1, -0.05) is 13.0 Å². The minimum atomic E-state index is -0.499. The van der Waals surface area contributed by atoms with Gasteiger partial charge in [0.15, 0.2) is 5.78 Å². The third-order valence-electron chi connectivity index (χ3n) is 4.37. The van der Waals surface area contributed by atoms with Crippen LogP contribution in [0.1, 0.15) is 31.2 Å². The van der Waals surface area contributed by atoms with Gasteiger partial charge in [0, 0.05) is 18.4 Å². The van der Waals surface area contributed by atoms with E-state index in [4.69, 9.17) is 15.2 Å². The normalized spacial score (nSPS) is 23.5. The molecule has 2 N–H and O–H groups in total. The third kappa shape index (κ3) is 2.69. The van der Waals surface area contributed by atoms with Crippen molar-refractivity contribution >= 4 is 21.7 Å². The van der Waals surface area contributed by atoms with Crippen molar-refractivity contribution in [2.75, 3.05) is 7.11 Å². The molecular formula is C18H17BrN2O3. The average molecular weight is 389 g/mol. The second kappa shape index (κ2) is 6.33. The van der Waals surface area contributed by atoms with Crippen molar-refractivity contribution in [3.8, 4) is 11.8 Å². The highest BCUT2D eigenvalue weighted by atomic mass is 79.9. The number of Topliss-reactive ketones (excluding diaryl/α,β-unsaturated/α-hetero) is 1. The molecule has 2 atom stereocenters. The molecule has 0 aromatic heterocycles. The number of halogens is 1. The molecule has 5 nitrogen and oxygen atoms in total. The van der Waals surface area contributed by atoms with Crippen molar-refractivity contribution in [2.45, 2.75) is 25.7 Å². The van der Waals surface area contributed by atoms with Gasteiger partial charge in [0.25, 0.3) is 0 Å². The largest absolute Gasteiger partial charge is 0.496 e. The Labute approximate surface area is 148 Å². The van der Waals surface area contributed by atoms with Crippen LogP contribution in [0.5, 0.6) is 5.75 Å². The van der Waals surface area contributed by atoms with Crippen LogP contribution in [0.25, 0.3) is 0 Å². The minimum absolute atomic E-state index is 0.0148. The number of ketones is 1. The number of methoxy groups -OCH3 is 1. The lowest BCUT2D eigenvalue weighted by Crippen LogP contribution is -2.29. The van der Waals surface area contributed by atoms with Crippen LogP contribution >= 0.6 is 15.9 Å². The molecule has 0 saturated carbocycles. The molecule has 3 rings (SSSR count). The van der Waals surface area contributed by atoms with E-state index in [1.165, 1.54) is 0 Å². The molecule has 1 aliphatic carbocycles. The predicted molar refractivity (Wildman–Crippen MR) is 91.8 cm³/mol. The van der Waals surface area contributed by atoms with Crippen LogP contribution in [0.15, 0.2) is 45.5 Å². The highest BCUT2D eigenvalue weighted by Crippen LogP contribution is 2.45. The minimum Gasteiger partial charge on any atom is -0.496 e. The summed E-state index contributed by atoms with van der Waals surface area (Å²) in [7, 11) is 1.58. The van der Waals surface area contributed by atoms with Crippen LogP contribution in [0, 0.1) is 17.2 Å². The lowest BCUT2D eigenvalue weighted by atomic mass is 9.75. The van der Waals surface area contributed by atoms with Gasteiger partial charge in [0.2, 0.25) is 5.88 Å². The zero-order chi connectivity index (χ0) is 17.4. The van der Waals surface area contributed by atoms with E-state index in [1.807, 2.05) is 19.1 Å². The predicted octanol–water partition coefficient (Wildman–Crippen LogP) is 3.52. The molecule has 1 aromatic carbocycles. The van der Waals surface area contributed by atoms with Crippen LogP contribution in [0.3, 0.4) is 0 Å². The van der Waals surface area contributed by atoms with Crippen molar-refractivity contribution in [1.82, 2.24) is 0 Å². The van der Waals surface area contributed by atoms with E-state index in [2.05, 4.69) is 22.0 Å². The first kappa shape index (κ1) is 16.6. The number of hydrogen-bond donors (Lipinski definition) is 1. The number of hydrogen-bond acceptors (Lipinski definition) is 5. The molecular weight excluding hydrogens is 372 g/mol. The van der Waals surface area contributed by atoms with E-state index in [-0.39, 0.29) is 23.2 Å². The molecule has 1 aliphatic heterocycles. The van der Waals surface area contributed by atoms with Crippen molar-refractivity contribution in [3.05, 3.63) is 51.0 Å². The summed E-state index contributed by atoms with van der Waals surface area (Å²) in [4.78, 5) is 12.7. The average Bonchev–Trinajstić information content (AvgIpc) is 2.53. The van der Waals surface area contributed by atoms with Crippen molar-refractivity contribution in [2.24, 2.45) is 11.7 Å². The first-order valence-corrected chi connectivity index (χ1v) is 8.42. The number of carbonyl (C=O) groups excluding carboxylic acids is 1. The van der Waals surface area contributed by atoms with E-state index in [0.717, 1.165) is 10.0 Å². The van der Waals surface area contributed by atoms with Gasteiger partial charge >= 0.3 is 0 Å². The SMILES string of the molecule is COc1ccc([C@H]2C(C#N)=C(N)OC3=C2C(=O)C[C@H](C)C3)cc1Br. The van der Waals surface area contributed by atoms with Crippen LogP contribution in [0.4, 0.5) is 0 Å². The van der Waals surface area contributed by atoms with Crippen molar-refractivity contribution in [3.63, 3.8) is 0 Å². The van der Waals surface area contributed by atoms with Gasteiger partial charge in [0.1, 0.15) is 23.2 Å². The maximum atomic E-state index is 12.7. The number of benzene rings is 1. The summed E-state index contributed by atoms with van der Waals surface area (Å²) in [5, 5.41) is 9.55. The maximum Gasteiger partial charge on any atom is 0.205 e. The monoisotopic (exact) mass is 388 g/mol. The highest BCUT2D eigenvalue weighted by Gasteiger charge is 2.39. The van der Waals surface area contributed by atoms with Gasteiger partial charge in [-0.05, 0) is 39.5 Å². The molecule has 0 saturated heterocycles. The quantitative estimate of drug-likeness (QED) is 0.837. The molecule has 0 radical (unpaired) electrons. The summed E-state index contributed by atoms with van der Waals surface area (Å²) in [5.74, 6) is 1.07. The molecule has 24 heavy (non-hydrogen) atoms. The first-order chi connectivity index (χ1) is 11.5. The Hall–Kier alpha value is -2.26. The van der Waals surface area contributed by atoms with E-state index in [1.54, 1.807) is 13.2 Å². The number of nitrogens with two attached hydrogens (primary N) is 1. The highest BCUT2D eigenvalue weighted by molar-refractivity contribution is 9.10. The number of allylic oxidation sites excluding steroid dienone is 3. The number of ether oxygens (including phenoxy) is 2. The third-order valence-corrected chi connectivity index (χ3v) is 4.99. The fourth-order valence-electron chi connectivity index (χ4n) is 3.29. The van der Waals surface area contributed by atoms with E-state index in [9.17, 15) is 10.1 Å². The van der Waals surface area contributed by atoms with Crippen LogP contribution in [0.2, 0.25) is 0 Å². The van der Waals surface area contributed by atoms with Crippen molar-refractivity contribution < 1.29 is 14.3 Å². The van der Waals surface area contributed by atoms with Crippen LogP contribution < -0.4 is 10.5 Å². The molecule has 0 spiro atoms. The Morgan fingerprint density at radius 2 is 2.17 bits per heavy atom. The summed E-state index contributed by atoms with van der Waals surface area (Å²) in [6.45, 7) is 2.00. The molecule has 1 aromatic rings. The zero-order valence-electron chi connectivity index (χ0n) is 13.4. The second-order valence-electron chi connectivity index (χ2n) is 6.09. The molecule has 1 heterocycles. The fourth-order valence-corrected chi connectivity index (χ4v) is 3.85. The Bertz CT molecular complexity index is 820. The van der Waals surface area contributed by atoms with Gasteiger partial charge in [-0.25, -0.2) is 0 Å². The summed E-state index contributed by atoms with van der Waals surface area (Å²) >= 11 is 3.46. The van der Waals surface area contributed by atoms with Crippen molar-refractivity contribution in [1.29, 1.82) is 5.26 Å². The number of rotatable bonds is 2. The molecule has 0 unspecified atom stereocenters. The summed E-state index contributed by atoms with van der Waals surface area (Å²) in [6, 6.07) is 7.62. The summed E-state index contributed by atoms with van der Waals surface area (Å²) < 4.78 is 11.6. The number of carbonyl (C=O) groups is 1. The Morgan fingerprint density at radius 3 is 2.79 bits per heavy atom. The second-order valence-corrected chi connectivity index (χ2v) is 6.95. The first-order valence-electron chi connectivity index (χ1n) is 7.63. The Balaban J connectivity index is 2.17. The van der Waals surface area contributed by atoms with E-state index >= 15 is 0 Å². The standard InChI is InChI=1S/C18H17BrN2O3/c1-9-5-13(22)17-15(6-9)24-18(21)11(8-20)16(17)10-3-4-14(23-2)12(19)7-10/h3-4,7,9,16H,5-6,21H2,1-2H3/t9-,16-/m0/s1. The number of nitriles is 1. The van der Waals surface area contributed by atoms with Gasteiger partial charge in [0.05, 0.1) is 17.5 Å². The Morgan fingerprint density at radius 1 is 1.42 bits per heavy atom. The molecule has 0 bridgehead atoms. The number of nitrogens with zero attached hydrogens (tertiary/aromatic N) is 1. The van der Waals surface area contributed by atoms with Gasteiger partial charge in [-0.15, -0.1) is 0 Å². The fraction of sp³-hybridized carbons (Fsp3) is 0.333. The Kier molecular flexibility index (Phi) is 4.37. The van der Waals surface area contributed by atoms with Gasteiger partial charge < -0.3 is 15.2 Å². The summed E-state index contributed by atoms with van der Waals surface area (Å²) in [5.41, 5.74) is 7.59. The molecule has 0 fully saturated rings. The van der Waals surface area contributed by atoms with Gasteiger partial charge in [-0.3, -0.25) is 4.79 Å². The van der Waals surface area contributed by atoms with Crippen LogP contribution in [-0.2, 0) is 9.53 Å². The van der Waals surface area contributed by atoms with Gasteiger partial charge in [-0.2, -0.15) is 5.26 Å². The van der Waals surface area contributed by atoms with Crippen LogP contribution in [-0.4, -0.2) is 12.9 Å². The zero-order valence-corrected chi connectivity index (χ0v) is 15.0. The lowest BCUT2D eigenvalue weighted by molar-refractivity contribution is -0.117. The smallest absolute Gasteiger partial charge is 0.205 e. The van der Waals surface area contributed by atoms with E-state index in [0.29, 0.717) is 29.9 Å². The lowest BCUT2D eigenvalue weighted by Gasteiger charge is -2.33. The van der Waals surface area contributed by atoms with E-state index < -0.39 is 5.92 Å². The maximum absolute atomic E-state index is 12.7. The molecule has 6 heteroatoms. The topological polar surface area (TPSA) is 85.3 Å². The molecule has 2 aliphatic rings. The molecule has 124 valence electrons. The molecule has 0 amide bonds. The summed E-state index contributed by atoms with van der Waals surface area (Å²) in [6.07, 6.45) is 1.10.